The maximum atomic E-state index is 5.62. The maximum absolute atomic E-state index is 5.62. The fourth-order valence-electron chi connectivity index (χ4n) is 1.47. The van der Waals surface area contributed by atoms with Gasteiger partial charge in [-0.1, -0.05) is 13.0 Å². The Kier molecular flexibility index (Phi) is 2.02. The average molecular weight is 175 g/mol. The normalized spacial score (nSPS) is 13.4. The third-order valence-corrected chi connectivity index (χ3v) is 2.31. The van der Waals surface area contributed by atoms with Gasteiger partial charge in [-0.3, -0.25) is 0 Å². The van der Waals surface area contributed by atoms with Crippen molar-refractivity contribution < 1.29 is 0 Å². The van der Waals surface area contributed by atoms with Crippen molar-refractivity contribution in [1.29, 1.82) is 0 Å². The second-order valence-electron chi connectivity index (χ2n) is 3.26. The summed E-state index contributed by atoms with van der Waals surface area (Å²) in [7, 11) is 0. The predicted molar refractivity (Wildman–Crippen MR) is 52.7 cm³/mol. The topological polar surface area (TPSA) is 43.3 Å². The lowest BCUT2D eigenvalue weighted by atomic mass is 10.1. The van der Waals surface area contributed by atoms with Crippen molar-refractivity contribution in [3.63, 3.8) is 0 Å². The monoisotopic (exact) mass is 175 g/mol. The molecular weight excluding hydrogens is 162 g/mol. The molecule has 0 aliphatic heterocycles. The molecule has 1 unspecified atom stereocenters. The van der Waals surface area contributed by atoms with Gasteiger partial charge in [0.05, 0.1) is 5.52 Å². The standard InChI is InChI=1S/C10H13N3/c1-8(7-11)10-4-2-3-9-5-6-12-13(9)10/h2-6,8H,7,11H2,1H3. The first-order chi connectivity index (χ1) is 6.33. The van der Waals surface area contributed by atoms with E-state index < -0.39 is 0 Å². The van der Waals surface area contributed by atoms with Crippen molar-refractivity contribution in [3.8, 4) is 0 Å². The molecule has 2 aromatic heterocycles. The van der Waals surface area contributed by atoms with Gasteiger partial charge in [-0.2, -0.15) is 5.10 Å². The van der Waals surface area contributed by atoms with Gasteiger partial charge in [0.2, 0.25) is 0 Å². The number of fused-ring (bicyclic) bond motifs is 1. The van der Waals surface area contributed by atoms with Gasteiger partial charge in [-0.25, -0.2) is 4.52 Å². The Bertz CT molecular complexity index is 405. The molecule has 0 bridgehead atoms. The van der Waals surface area contributed by atoms with Gasteiger partial charge in [0, 0.05) is 24.4 Å². The van der Waals surface area contributed by atoms with E-state index in [1.165, 1.54) is 5.69 Å². The summed E-state index contributed by atoms with van der Waals surface area (Å²) in [5.74, 6) is 0.351. The van der Waals surface area contributed by atoms with Crippen molar-refractivity contribution in [3.05, 3.63) is 36.2 Å². The number of aromatic nitrogens is 2. The molecule has 1 atom stereocenters. The van der Waals surface area contributed by atoms with E-state index in [4.69, 9.17) is 5.73 Å². The fourth-order valence-corrected chi connectivity index (χ4v) is 1.47. The summed E-state index contributed by atoms with van der Waals surface area (Å²) < 4.78 is 1.94. The molecule has 0 aromatic carbocycles. The first-order valence-electron chi connectivity index (χ1n) is 4.45. The molecule has 0 fully saturated rings. The summed E-state index contributed by atoms with van der Waals surface area (Å²) >= 11 is 0. The van der Waals surface area contributed by atoms with Crippen molar-refractivity contribution in [2.75, 3.05) is 6.54 Å². The van der Waals surface area contributed by atoms with Gasteiger partial charge in [0.25, 0.3) is 0 Å². The summed E-state index contributed by atoms with van der Waals surface area (Å²) in [6.45, 7) is 2.76. The maximum Gasteiger partial charge on any atom is 0.0664 e. The lowest BCUT2D eigenvalue weighted by Gasteiger charge is -2.10. The van der Waals surface area contributed by atoms with Crippen LogP contribution >= 0.6 is 0 Å². The average Bonchev–Trinajstić information content (AvgIpc) is 2.63. The van der Waals surface area contributed by atoms with Crippen LogP contribution in [0.25, 0.3) is 5.52 Å². The van der Waals surface area contributed by atoms with E-state index in [-0.39, 0.29) is 0 Å². The van der Waals surface area contributed by atoms with Gasteiger partial charge >= 0.3 is 0 Å². The zero-order valence-electron chi connectivity index (χ0n) is 7.64. The molecule has 68 valence electrons. The Morgan fingerprint density at radius 2 is 2.31 bits per heavy atom. The third kappa shape index (κ3) is 1.31. The molecule has 2 heterocycles. The van der Waals surface area contributed by atoms with Gasteiger partial charge in [-0.15, -0.1) is 0 Å². The summed E-state index contributed by atoms with van der Waals surface area (Å²) in [6.07, 6.45) is 1.81. The fraction of sp³-hybridized carbons (Fsp3) is 0.300. The van der Waals surface area contributed by atoms with Crippen LogP contribution in [0.5, 0.6) is 0 Å². The Morgan fingerprint density at radius 3 is 3.08 bits per heavy atom. The molecule has 13 heavy (non-hydrogen) atoms. The molecule has 0 spiro atoms. The van der Waals surface area contributed by atoms with Crippen LogP contribution in [0.4, 0.5) is 0 Å². The van der Waals surface area contributed by atoms with Gasteiger partial charge in [0.15, 0.2) is 0 Å². The Hall–Kier alpha value is -1.35. The Morgan fingerprint density at radius 1 is 1.46 bits per heavy atom. The van der Waals surface area contributed by atoms with E-state index in [2.05, 4.69) is 18.1 Å². The van der Waals surface area contributed by atoms with E-state index in [1.54, 1.807) is 0 Å². The molecule has 0 aliphatic carbocycles. The van der Waals surface area contributed by atoms with Crippen molar-refractivity contribution in [1.82, 2.24) is 9.61 Å². The number of rotatable bonds is 2. The number of nitrogens with two attached hydrogens (primary N) is 1. The van der Waals surface area contributed by atoms with Crippen LogP contribution in [0, 0.1) is 0 Å². The molecule has 3 heteroatoms. The summed E-state index contributed by atoms with van der Waals surface area (Å²) in [5.41, 5.74) is 7.92. The first kappa shape index (κ1) is 8.26. The van der Waals surface area contributed by atoms with Gasteiger partial charge in [0.1, 0.15) is 0 Å². The highest BCUT2D eigenvalue weighted by atomic mass is 15.2. The van der Waals surface area contributed by atoms with Crippen molar-refractivity contribution in [2.24, 2.45) is 5.73 Å². The number of hydrogen-bond donors (Lipinski definition) is 1. The quantitative estimate of drug-likeness (QED) is 0.749. The minimum Gasteiger partial charge on any atom is -0.330 e. The molecule has 0 aliphatic rings. The van der Waals surface area contributed by atoms with Crippen LogP contribution in [0.3, 0.4) is 0 Å². The zero-order chi connectivity index (χ0) is 9.26. The van der Waals surface area contributed by atoms with E-state index in [0.29, 0.717) is 12.5 Å². The molecule has 2 N–H and O–H groups in total. The molecule has 0 amide bonds. The summed E-state index contributed by atoms with van der Waals surface area (Å²) in [5, 5.41) is 4.25. The van der Waals surface area contributed by atoms with Gasteiger partial charge in [-0.05, 0) is 18.2 Å². The highest BCUT2D eigenvalue weighted by Gasteiger charge is 2.07. The van der Waals surface area contributed by atoms with Gasteiger partial charge < -0.3 is 5.73 Å². The van der Waals surface area contributed by atoms with E-state index in [1.807, 2.05) is 28.9 Å². The molecular formula is C10H13N3. The van der Waals surface area contributed by atoms with Crippen LogP contribution in [0.2, 0.25) is 0 Å². The highest BCUT2D eigenvalue weighted by Crippen LogP contribution is 2.14. The lowest BCUT2D eigenvalue weighted by Crippen LogP contribution is -2.12. The predicted octanol–water partition coefficient (Wildman–Crippen LogP) is 1.40. The van der Waals surface area contributed by atoms with Crippen LogP contribution in [0.15, 0.2) is 30.5 Å². The van der Waals surface area contributed by atoms with Crippen molar-refractivity contribution in [2.45, 2.75) is 12.8 Å². The van der Waals surface area contributed by atoms with Crippen LogP contribution < -0.4 is 5.73 Å². The lowest BCUT2D eigenvalue weighted by molar-refractivity contribution is 0.705. The van der Waals surface area contributed by atoms with Crippen LogP contribution in [-0.2, 0) is 0 Å². The second-order valence-corrected chi connectivity index (χ2v) is 3.26. The summed E-state index contributed by atoms with van der Waals surface area (Å²) in [6, 6.07) is 8.14. The highest BCUT2D eigenvalue weighted by molar-refractivity contribution is 5.46. The number of pyridine rings is 1. The molecule has 2 rings (SSSR count). The Balaban J connectivity index is 2.60. The SMILES string of the molecule is CC(CN)c1cccc2ccnn12. The Labute approximate surface area is 77.2 Å². The minimum absolute atomic E-state index is 0.351. The van der Waals surface area contributed by atoms with Crippen LogP contribution in [0.1, 0.15) is 18.5 Å². The third-order valence-electron chi connectivity index (χ3n) is 2.31. The largest absolute Gasteiger partial charge is 0.330 e. The smallest absolute Gasteiger partial charge is 0.0664 e. The number of nitrogens with zero attached hydrogens (tertiary/aromatic N) is 2. The first-order valence-corrected chi connectivity index (χ1v) is 4.45. The number of hydrogen-bond acceptors (Lipinski definition) is 2. The van der Waals surface area contributed by atoms with E-state index in [9.17, 15) is 0 Å². The minimum atomic E-state index is 0.351. The molecule has 0 radical (unpaired) electrons. The van der Waals surface area contributed by atoms with Crippen LogP contribution in [-0.4, -0.2) is 16.2 Å². The van der Waals surface area contributed by atoms with E-state index >= 15 is 0 Å². The molecule has 3 nitrogen and oxygen atoms in total. The molecule has 0 saturated carbocycles. The zero-order valence-corrected chi connectivity index (χ0v) is 7.64. The molecule has 2 aromatic rings. The molecule has 0 saturated heterocycles. The summed E-state index contributed by atoms with van der Waals surface area (Å²) in [4.78, 5) is 0. The van der Waals surface area contributed by atoms with Crippen molar-refractivity contribution >= 4 is 5.52 Å². The van der Waals surface area contributed by atoms with E-state index in [0.717, 1.165) is 5.52 Å². The second kappa shape index (κ2) is 3.18.